The van der Waals surface area contributed by atoms with E-state index in [0.717, 1.165) is 35.9 Å². The minimum atomic E-state index is -0.370. The summed E-state index contributed by atoms with van der Waals surface area (Å²) < 4.78 is 0. The molecule has 3 unspecified atom stereocenters. The van der Waals surface area contributed by atoms with Crippen LogP contribution < -0.4 is 16.4 Å². The van der Waals surface area contributed by atoms with Crippen LogP contribution in [0.3, 0.4) is 0 Å². The van der Waals surface area contributed by atoms with Crippen molar-refractivity contribution in [1.29, 1.82) is 0 Å². The number of nitrogens with zero attached hydrogens (tertiary/aromatic N) is 2. The highest BCUT2D eigenvalue weighted by Gasteiger charge is 2.35. The second kappa shape index (κ2) is 12.7. The number of nitrogens with two attached hydrogens (primary N) is 1. The summed E-state index contributed by atoms with van der Waals surface area (Å²) in [6.07, 6.45) is 11.4. The molecule has 3 atom stereocenters. The number of piperazine rings is 1. The second-order valence-electron chi connectivity index (χ2n) is 11.0. The van der Waals surface area contributed by atoms with E-state index in [1.165, 1.54) is 57.8 Å². The quantitative estimate of drug-likeness (QED) is 0.287. The zero-order valence-electron chi connectivity index (χ0n) is 22.0. The standard InChI is InChI=1S/C30H39Cl2N5O/c31-21-12-15-24(26(32)18-21)25(19-29(33)38)20-10-13-23(14-11-20)36-30(35-22-6-2-1-3-7-22)37-17-16-34-27-8-4-5-9-28(27)37/h10-15,18,22,25,27-28,34H,1-9,16-17,19H2,(H2,33,38)(H,35,36). The summed E-state index contributed by atoms with van der Waals surface area (Å²) in [5.74, 6) is 0.404. The van der Waals surface area contributed by atoms with Gasteiger partial charge >= 0.3 is 0 Å². The van der Waals surface area contributed by atoms with Crippen molar-refractivity contribution in [3.8, 4) is 0 Å². The van der Waals surface area contributed by atoms with Gasteiger partial charge in [0, 0.05) is 53.2 Å². The molecule has 3 fully saturated rings. The summed E-state index contributed by atoms with van der Waals surface area (Å²) in [6.45, 7) is 1.95. The van der Waals surface area contributed by atoms with E-state index < -0.39 is 0 Å². The number of guanidine groups is 1. The zero-order chi connectivity index (χ0) is 26.5. The van der Waals surface area contributed by atoms with Crippen LogP contribution in [0.4, 0.5) is 5.69 Å². The molecule has 2 saturated carbocycles. The van der Waals surface area contributed by atoms with E-state index >= 15 is 0 Å². The number of fused-ring (bicyclic) bond motifs is 1. The molecule has 2 aliphatic carbocycles. The Morgan fingerprint density at radius 2 is 1.76 bits per heavy atom. The molecule has 1 heterocycles. The van der Waals surface area contributed by atoms with E-state index in [1.807, 2.05) is 6.07 Å². The number of anilines is 1. The average molecular weight is 557 g/mol. The number of hydrogen-bond donors (Lipinski definition) is 3. The van der Waals surface area contributed by atoms with Gasteiger partial charge < -0.3 is 21.3 Å². The lowest BCUT2D eigenvalue weighted by Gasteiger charge is -2.46. The van der Waals surface area contributed by atoms with Gasteiger partial charge in [0.1, 0.15) is 0 Å². The lowest BCUT2D eigenvalue weighted by molar-refractivity contribution is -0.118. The van der Waals surface area contributed by atoms with Gasteiger partial charge in [-0.05, 0) is 61.1 Å². The number of benzene rings is 2. The van der Waals surface area contributed by atoms with Crippen molar-refractivity contribution in [1.82, 2.24) is 10.2 Å². The summed E-state index contributed by atoms with van der Waals surface area (Å²) in [5, 5.41) is 8.56. The van der Waals surface area contributed by atoms with Gasteiger partial charge in [0.25, 0.3) is 0 Å². The van der Waals surface area contributed by atoms with Gasteiger partial charge in [-0.1, -0.05) is 73.5 Å². The van der Waals surface area contributed by atoms with Crippen LogP contribution >= 0.6 is 23.2 Å². The number of primary amides is 1. The van der Waals surface area contributed by atoms with Gasteiger partial charge in [-0.2, -0.15) is 0 Å². The lowest BCUT2D eigenvalue weighted by Crippen LogP contribution is -2.61. The summed E-state index contributed by atoms with van der Waals surface area (Å²) >= 11 is 12.6. The fourth-order valence-electron chi connectivity index (χ4n) is 6.40. The first kappa shape index (κ1) is 27.3. The maximum atomic E-state index is 11.9. The van der Waals surface area contributed by atoms with Crippen molar-refractivity contribution in [3.05, 3.63) is 63.6 Å². The monoisotopic (exact) mass is 555 g/mol. The molecule has 38 heavy (non-hydrogen) atoms. The van der Waals surface area contributed by atoms with Gasteiger partial charge in [-0.25, -0.2) is 4.99 Å². The maximum Gasteiger partial charge on any atom is 0.218 e. The molecule has 6 nitrogen and oxygen atoms in total. The molecule has 1 saturated heterocycles. The molecule has 5 rings (SSSR count). The Hall–Kier alpha value is -2.28. The van der Waals surface area contributed by atoms with Gasteiger partial charge in [-0.3, -0.25) is 4.79 Å². The SMILES string of the molecule is NC(=O)CC(c1ccc(NC(=NC2CCCCC2)N2CCNC3CCCCC32)cc1)c1ccc(Cl)cc1Cl. The van der Waals surface area contributed by atoms with Crippen molar-refractivity contribution >= 4 is 40.8 Å². The topological polar surface area (TPSA) is 82.8 Å². The third kappa shape index (κ3) is 6.64. The lowest BCUT2D eigenvalue weighted by atomic mass is 9.87. The highest BCUT2D eigenvalue weighted by molar-refractivity contribution is 6.35. The number of carbonyl (C=O) groups excluding carboxylic acids is 1. The minimum Gasteiger partial charge on any atom is -0.370 e. The minimum absolute atomic E-state index is 0.173. The van der Waals surface area contributed by atoms with Gasteiger partial charge in [0.05, 0.1) is 6.04 Å². The third-order valence-electron chi connectivity index (χ3n) is 8.35. The number of nitrogens with one attached hydrogen (secondary N) is 2. The zero-order valence-corrected chi connectivity index (χ0v) is 23.5. The molecule has 0 bridgehead atoms. The fraction of sp³-hybridized carbons (Fsp3) is 0.533. The summed E-state index contributed by atoms with van der Waals surface area (Å²) in [6, 6.07) is 15.1. The number of aliphatic imine (C=N–C) groups is 1. The number of carbonyl (C=O) groups is 1. The molecule has 1 aliphatic heterocycles. The van der Waals surface area contributed by atoms with Gasteiger partial charge in [0.2, 0.25) is 5.91 Å². The van der Waals surface area contributed by atoms with Crippen LogP contribution in [0.15, 0.2) is 47.5 Å². The molecular weight excluding hydrogens is 517 g/mol. The van der Waals surface area contributed by atoms with Crippen LogP contribution in [0.2, 0.25) is 10.0 Å². The summed E-state index contributed by atoms with van der Waals surface area (Å²) in [4.78, 5) is 19.8. The Bertz CT molecular complexity index is 1130. The molecule has 2 aromatic carbocycles. The molecule has 3 aliphatic rings. The highest BCUT2D eigenvalue weighted by atomic mass is 35.5. The Balaban J connectivity index is 1.40. The number of halogens is 2. The normalized spacial score (nSPS) is 23.5. The van der Waals surface area contributed by atoms with Crippen molar-refractivity contribution < 1.29 is 4.79 Å². The van der Waals surface area contributed by atoms with E-state index in [9.17, 15) is 4.79 Å². The predicted octanol–water partition coefficient (Wildman–Crippen LogP) is 6.32. The van der Waals surface area contributed by atoms with Crippen LogP contribution in [0.1, 0.15) is 81.3 Å². The van der Waals surface area contributed by atoms with Crippen molar-refractivity contribution in [3.63, 3.8) is 0 Å². The molecule has 8 heteroatoms. The first-order chi connectivity index (χ1) is 18.5. The molecular formula is C30H39Cl2N5O. The van der Waals surface area contributed by atoms with E-state index in [1.54, 1.807) is 12.1 Å². The molecule has 204 valence electrons. The Labute approximate surface area is 236 Å². The van der Waals surface area contributed by atoms with Crippen LogP contribution in [-0.4, -0.2) is 48.0 Å². The van der Waals surface area contributed by atoms with E-state index in [4.69, 9.17) is 33.9 Å². The first-order valence-electron chi connectivity index (χ1n) is 14.2. The largest absolute Gasteiger partial charge is 0.370 e. The molecule has 0 aromatic heterocycles. The molecule has 0 radical (unpaired) electrons. The number of hydrogen-bond acceptors (Lipinski definition) is 3. The van der Waals surface area contributed by atoms with Crippen molar-refractivity contribution in [2.75, 3.05) is 18.4 Å². The number of rotatable bonds is 6. The Morgan fingerprint density at radius 1 is 1.03 bits per heavy atom. The van der Waals surface area contributed by atoms with Gasteiger partial charge in [-0.15, -0.1) is 0 Å². The highest BCUT2D eigenvalue weighted by Crippen LogP contribution is 2.35. The van der Waals surface area contributed by atoms with E-state index in [0.29, 0.717) is 28.2 Å². The van der Waals surface area contributed by atoms with Crippen molar-refractivity contribution in [2.24, 2.45) is 10.7 Å². The first-order valence-corrected chi connectivity index (χ1v) is 14.9. The van der Waals surface area contributed by atoms with E-state index in [-0.39, 0.29) is 18.2 Å². The molecule has 4 N–H and O–H groups in total. The molecule has 2 aromatic rings. The summed E-state index contributed by atoms with van der Waals surface area (Å²) in [5.41, 5.74) is 8.45. The third-order valence-corrected chi connectivity index (χ3v) is 8.92. The van der Waals surface area contributed by atoms with Crippen LogP contribution in [0, 0.1) is 0 Å². The van der Waals surface area contributed by atoms with Crippen LogP contribution in [-0.2, 0) is 4.79 Å². The fourth-order valence-corrected chi connectivity index (χ4v) is 6.94. The second-order valence-corrected chi connectivity index (χ2v) is 11.8. The maximum absolute atomic E-state index is 11.9. The van der Waals surface area contributed by atoms with Crippen LogP contribution in [0.25, 0.3) is 0 Å². The van der Waals surface area contributed by atoms with Crippen molar-refractivity contribution in [2.45, 2.75) is 88.3 Å². The summed E-state index contributed by atoms with van der Waals surface area (Å²) in [7, 11) is 0. The van der Waals surface area contributed by atoms with Gasteiger partial charge in [0.15, 0.2) is 5.96 Å². The Morgan fingerprint density at radius 3 is 2.50 bits per heavy atom. The molecule has 0 spiro atoms. The molecule has 1 amide bonds. The predicted molar refractivity (Wildman–Crippen MR) is 157 cm³/mol. The average Bonchev–Trinajstić information content (AvgIpc) is 2.92. The van der Waals surface area contributed by atoms with Crippen LogP contribution in [0.5, 0.6) is 0 Å². The smallest absolute Gasteiger partial charge is 0.218 e. The number of amides is 1. The van der Waals surface area contributed by atoms with E-state index in [2.05, 4.69) is 39.8 Å². The Kier molecular flexibility index (Phi) is 9.13.